The molecule has 0 spiro atoms. The van der Waals surface area contributed by atoms with Gasteiger partial charge in [-0.25, -0.2) is 4.39 Å². The lowest BCUT2D eigenvalue weighted by Crippen LogP contribution is -2.35. The third-order valence-electron chi connectivity index (χ3n) is 4.13. The summed E-state index contributed by atoms with van der Waals surface area (Å²) < 4.78 is 19.3. The Hall–Kier alpha value is -1.72. The Balaban J connectivity index is 1.75. The average molecular weight is 333 g/mol. The van der Waals surface area contributed by atoms with Crippen LogP contribution in [0.5, 0.6) is 0 Å². The lowest BCUT2D eigenvalue weighted by Gasteiger charge is -2.23. The number of ether oxygens (including phenoxy) is 1. The van der Waals surface area contributed by atoms with Gasteiger partial charge in [0.25, 0.3) is 5.91 Å². The predicted molar refractivity (Wildman–Crippen MR) is 90.2 cm³/mol. The topological polar surface area (TPSA) is 29.5 Å². The summed E-state index contributed by atoms with van der Waals surface area (Å²) in [7, 11) is 0. The highest BCUT2D eigenvalue weighted by molar-refractivity contribution is 7.17. The smallest absolute Gasteiger partial charge is 0.263 e. The molecule has 1 amide bonds. The van der Waals surface area contributed by atoms with E-state index in [1.54, 1.807) is 24.3 Å². The SMILES string of the molecule is CCN(C[C@H]1CCOC1)C(=O)c1ccc(-c2ccccc2F)s1. The molecule has 1 aliphatic rings. The number of carbonyl (C=O) groups excluding carboxylic acids is 1. The van der Waals surface area contributed by atoms with Gasteiger partial charge in [0.05, 0.1) is 11.5 Å². The first-order valence-corrected chi connectivity index (χ1v) is 8.72. The Morgan fingerprint density at radius 1 is 1.35 bits per heavy atom. The molecule has 2 aromatic rings. The van der Waals surface area contributed by atoms with E-state index < -0.39 is 0 Å². The summed E-state index contributed by atoms with van der Waals surface area (Å²) in [6.07, 6.45) is 1.01. The number of rotatable bonds is 5. The summed E-state index contributed by atoms with van der Waals surface area (Å²) in [5.74, 6) is 0.181. The summed E-state index contributed by atoms with van der Waals surface area (Å²) in [6, 6.07) is 10.3. The number of hydrogen-bond donors (Lipinski definition) is 0. The van der Waals surface area contributed by atoms with Crippen LogP contribution in [0.15, 0.2) is 36.4 Å². The maximum atomic E-state index is 13.9. The van der Waals surface area contributed by atoms with Crippen molar-refractivity contribution in [3.8, 4) is 10.4 Å². The fourth-order valence-electron chi connectivity index (χ4n) is 2.81. The number of halogens is 1. The highest BCUT2D eigenvalue weighted by Crippen LogP contribution is 2.30. The molecule has 0 radical (unpaired) electrons. The predicted octanol–water partition coefficient (Wildman–Crippen LogP) is 4.05. The number of amides is 1. The first kappa shape index (κ1) is 16.1. The van der Waals surface area contributed by atoms with E-state index in [0.29, 0.717) is 22.9 Å². The second kappa shape index (κ2) is 7.23. The van der Waals surface area contributed by atoms with Crippen LogP contribution >= 0.6 is 11.3 Å². The molecule has 0 saturated carbocycles. The van der Waals surface area contributed by atoms with Gasteiger partial charge in [-0.1, -0.05) is 18.2 Å². The van der Waals surface area contributed by atoms with Crippen molar-refractivity contribution in [2.75, 3.05) is 26.3 Å². The van der Waals surface area contributed by atoms with E-state index in [-0.39, 0.29) is 11.7 Å². The van der Waals surface area contributed by atoms with Crippen molar-refractivity contribution in [3.05, 3.63) is 47.1 Å². The van der Waals surface area contributed by atoms with Crippen LogP contribution in [0, 0.1) is 11.7 Å². The molecule has 0 unspecified atom stereocenters. The average Bonchev–Trinajstić information content (AvgIpc) is 3.24. The molecule has 1 aromatic carbocycles. The Morgan fingerprint density at radius 3 is 2.87 bits per heavy atom. The maximum absolute atomic E-state index is 13.9. The summed E-state index contributed by atoms with van der Waals surface area (Å²) in [4.78, 5) is 16.0. The van der Waals surface area contributed by atoms with E-state index in [0.717, 1.165) is 31.1 Å². The van der Waals surface area contributed by atoms with Crippen LogP contribution in [-0.4, -0.2) is 37.1 Å². The fourth-order valence-corrected chi connectivity index (χ4v) is 3.81. The van der Waals surface area contributed by atoms with Crippen LogP contribution in [0.4, 0.5) is 4.39 Å². The number of hydrogen-bond acceptors (Lipinski definition) is 3. The third-order valence-corrected chi connectivity index (χ3v) is 5.23. The highest BCUT2D eigenvalue weighted by Gasteiger charge is 2.23. The molecule has 1 atom stereocenters. The molecule has 122 valence electrons. The van der Waals surface area contributed by atoms with Gasteiger partial charge in [0, 0.05) is 36.1 Å². The minimum atomic E-state index is -0.260. The zero-order valence-electron chi connectivity index (χ0n) is 13.1. The van der Waals surface area contributed by atoms with Crippen LogP contribution in [-0.2, 0) is 4.74 Å². The first-order valence-electron chi connectivity index (χ1n) is 7.90. The molecule has 23 heavy (non-hydrogen) atoms. The summed E-state index contributed by atoms with van der Waals surface area (Å²) in [6.45, 7) is 4.89. The van der Waals surface area contributed by atoms with E-state index in [1.165, 1.54) is 17.4 Å². The molecule has 3 rings (SSSR count). The Morgan fingerprint density at radius 2 is 2.17 bits per heavy atom. The van der Waals surface area contributed by atoms with Gasteiger partial charge in [-0.2, -0.15) is 0 Å². The van der Waals surface area contributed by atoms with Crippen molar-refractivity contribution < 1.29 is 13.9 Å². The molecule has 2 heterocycles. The standard InChI is InChI=1S/C18H20FNO2S/c1-2-20(11-13-9-10-22-12-13)18(21)17-8-7-16(23-17)14-5-3-4-6-15(14)19/h3-8,13H,2,9-12H2,1H3/t13-/m1/s1. The van der Waals surface area contributed by atoms with E-state index in [1.807, 2.05) is 17.9 Å². The molecule has 1 aromatic heterocycles. The first-order chi connectivity index (χ1) is 11.2. The van der Waals surface area contributed by atoms with Gasteiger partial charge in [0.1, 0.15) is 5.82 Å². The normalized spacial score (nSPS) is 17.4. The van der Waals surface area contributed by atoms with Crippen LogP contribution in [0.1, 0.15) is 23.0 Å². The van der Waals surface area contributed by atoms with Crippen molar-refractivity contribution in [1.29, 1.82) is 0 Å². The number of benzene rings is 1. The summed E-state index contributed by atoms with van der Waals surface area (Å²) in [5, 5.41) is 0. The van der Waals surface area contributed by atoms with Gasteiger partial charge < -0.3 is 9.64 Å². The molecule has 0 N–H and O–H groups in total. The maximum Gasteiger partial charge on any atom is 0.263 e. The molecule has 3 nitrogen and oxygen atoms in total. The minimum absolute atomic E-state index is 0.0204. The van der Waals surface area contributed by atoms with Gasteiger partial charge in [-0.3, -0.25) is 4.79 Å². The minimum Gasteiger partial charge on any atom is -0.381 e. The van der Waals surface area contributed by atoms with Crippen LogP contribution in [0.25, 0.3) is 10.4 Å². The second-order valence-corrected chi connectivity index (χ2v) is 6.80. The number of thiophene rings is 1. The third kappa shape index (κ3) is 3.62. The Kier molecular flexibility index (Phi) is 5.08. The lowest BCUT2D eigenvalue weighted by molar-refractivity contribution is 0.0735. The molecule has 1 aliphatic heterocycles. The van der Waals surface area contributed by atoms with Gasteiger partial charge in [-0.05, 0) is 31.5 Å². The van der Waals surface area contributed by atoms with Crippen molar-refractivity contribution in [3.63, 3.8) is 0 Å². The van der Waals surface area contributed by atoms with E-state index in [9.17, 15) is 9.18 Å². The second-order valence-electron chi connectivity index (χ2n) is 5.72. The van der Waals surface area contributed by atoms with Gasteiger partial charge >= 0.3 is 0 Å². The van der Waals surface area contributed by atoms with E-state index >= 15 is 0 Å². The molecular weight excluding hydrogens is 313 g/mol. The molecule has 0 aliphatic carbocycles. The van der Waals surface area contributed by atoms with Gasteiger partial charge in [0.2, 0.25) is 0 Å². The van der Waals surface area contributed by atoms with Crippen LogP contribution in [0.3, 0.4) is 0 Å². The van der Waals surface area contributed by atoms with Crippen molar-refractivity contribution in [2.45, 2.75) is 13.3 Å². The van der Waals surface area contributed by atoms with Crippen molar-refractivity contribution in [2.24, 2.45) is 5.92 Å². The van der Waals surface area contributed by atoms with Crippen molar-refractivity contribution >= 4 is 17.2 Å². The van der Waals surface area contributed by atoms with Crippen LogP contribution < -0.4 is 0 Å². The molecule has 5 heteroatoms. The zero-order valence-corrected chi connectivity index (χ0v) is 13.9. The Bertz CT molecular complexity index is 679. The molecule has 0 bridgehead atoms. The van der Waals surface area contributed by atoms with Crippen molar-refractivity contribution in [1.82, 2.24) is 4.90 Å². The number of nitrogens with zero attached hydrogens (tertiary/aromatic N) is 1. The summed E-state index contributed by atoms with van der Waals surface area (Å²) >= 11 is 1.35. The molecule has 1 saturated heterocycles. The quantitative estimate of drug-likeness (QED) is 0.826. The van der Waals surface area contributed by atoms with E-state index in [4.69, 9.17) is 4.74 Å². The van der Waals surface area contributed by atoms with Crippen LogP contribution in [0.2, 0.25) is 0 Å². The number of carbonyl (C=O) groups is 1. The molecular formula is C18H20FNO2S. The monoisotopic (exact) mass is 333 g/mol. The lowest BCUT2D eigenvalue weighted by atomic mass is 10.1. The fraction of sp³-hybridized carbons (Fsp3) is 0.389. The molecule has 1 fully saturated rings. The Labute approximate surface area is 139 Å². The zero-order chi connectivity index (χ0) is 16.2. The largest absolute Gasteiger partial charge is 0.381 e. The van der Waals surface area contributed by atoms with E-state index in [2.05, 4.69) is 0 Å². The van der Waals surface area contributed by atoms with Gasteiger partial charge in [0.15, 0.2) is 0 Å². The van der Waals surface area contributed by atoms with Gasteiger partial charge in [-0.15, -0.1) is 11.3 Å². The summed E-state index contributed by atoms with van der Waals surface area (Å²) in [5.41, 5.74) is 0.545. The highest BCUT2D eigenvalue weighted by atomic mass is 32.1.